The summed E-state index contributed by atoms with van der Waals surface area (Å²) in [4.78, 5) is 34.3. The summed E-state index contributed by atoms with van der Waals surface area (Å²) in [5.74, 6) is -1.35. The Morgan fingerprint density at radius 1 is 1.55 bits per heavy atom. The molecule has 0 aromatic heterocycles. The fourth-order valence-electron chi connectivity index (χ4n) is 2.13. The van der Waals surface area contributed by atoms with Gasteiger partial charge in [-0.15, -0.1) is 0 Å². The van der Waals surface area contributed by atoms with Crippen LogP contribution in [0.2, 0.25) is 0 Å². The number of fused-ring (bicyclic) bond motifs is 1. The first kappa shape index (κ1) is 13.8. The predicted molar refractivity (Wildman–Crippen MR) is 70.1 cm³/mol. The third-order valence-corrected chi connectivity index (χ3v) is 3.29. The van der Waals surface area contributed by atoms with Crippen LogP contribution in [-0.4, -0.2) is 23.4 Å². The molecule has 106 valence electrons. The SMILES string of the molecule is CCOC(=O)C1(C)C(=O)Nc2cc(N)c([N+](=O)[O-])cc21. The molecular weight excluding hydrogens is 266 g/mol. The van der Waals surface area contributed by atoms with Gasteiger partial charge in [0.25, 0.3) is 5.69 Å². The third-order valence-electron chi connectivity index (χ3n) is 3.29. The number of nitro groups is 1. The molecule has 1 atom stereocenters. The van der Waals surface area contributed by atoms with Crippen LogP contribution in [0.25, 0.3) is 0 Å². The van der Waals surface area contributed by atoms with Crippen molar-refractivity contribution in [3.8, 4) is 0 Å². The van der Waals surface area contributed by atoms with Gasteiger partial charge in [0.2, 0.25) is 5.91 Å². The van der Waals surface area contributed by atoms with Gasteiger partial charge in [-0.05, 0) is 19.9 Å². The Labute approximate surface area is 114 Å². The Balaban J connectivity index is 2.62. The van der Waals surface area contributed by atoms with Crippen LogP contribution in [0.4, 0.5) is 17.1 Å². The first-order valence-corrected chi connectivity index (χ1v) is 5.89. The Hall–Kier alpha value is -2.64. The molecule has 0 saturated carbocycles. The summed E-state index contributed by atoms with van der Waals surface area (Å²) in [6, 6.07) is 2.41. The molecule has 0 bridgehead atoms. The molecule has 0 aliphatic carbocycles. The molecule has 0 fully saturated rings. The first-order chi connectivity index (χ1) is 9.32. The van der Waals surface area contributed by atoms with E-state index >= 15 is 0 Å². The van der Waals surface area contributed by atoms with Crippen LogP contribution < -0.4 is 11.1 Å². The molecule has 1 aromatic carbocycles. The van der Waals surface area contributed by atoms with Gasteiger partial charge in [-0.1, -0.05) is 0 Å². The standard InChI is InChI=1S/C12H13N3O5/c1-3-20-11(17)12(2)6-4-9(15(18)19)7(13)5-8(6)14-10(12)16/h4-5H,3,13H2,1-2H3,(H,14,16). The molecule has 1 aliphatic heterocycles. The quantitative estimate of drug-likeness (QED) is 0.279. The number of nitro benzene ring substituents is 1. The summed E-state index contributed by atoms with van der Waals surface area (Å²) in [5, 5.41) is 13.4. The fourth-order valence-corrected chi connectivity index (χ4v) is 2.13. The lowest BCUT2D eigenvalue weighted by Crippen LogP contribution is -2.40. The second-order valence-corrected chi connectivity index (χ2v) is 4.51. The summed E-state index contributed by atoms with van der Waals surface area (Å²) in [7, 11) is 0. The highest BCUT2D eigenvalue weighted by Gasteiger charge is 2.51. The van der Waals surface area contributed by atoms with E-state index in [0.29, 0.717) is 0 Å². The number of carbonyl (C=O) groups is 2. The lowest BCUT2D eigenvalue weighted by atomic mass is 9.83. The van der Waals surface area contributed by atoms with Gasteiger partial charge in [-0.3, -0.25) is 19.7 Å². The van der Waals surface area contributed by atoms with Crippen LogP contribution >= 0.6 is 0 Å². The van der Waals surface area contributed by atoms with E-state index in [1.807, 2.05) is 0 Å². The fraction of sp³-hybridized carbons (Fsp3) is 0.333. The molecule has 0 radical (unpaired) electrons. The number of nitrogens with one attached hydrogen (secondary N) is 1. The molecular formula is C12H13N3O5. The largest absolute Gasteiger partial charge is 0.465 e. The molecule has 0 spiro atoms. The average Bonchev–Trinajstić information content (AvgIpc) is 2.61. The Bertz CT molecular complexity index is 628. The number of rotatable bonds is 3. The number of nitrogens with two attached hydrogens (primary N) is 1. The number of nitrogens with zero attached hydrogens (tertiary/aromatic N) is 1. The minimum absolute atomic E-state index is 0.0813. The molecule has 8 heteroatoms. The van der Waals surface area contributed by atoms with Crippen LogP contribution in [-0.2, 0) is 19.7 Å². The van der Waals surface area contributed by atoms with Gasteiger partial charge in [0.05, 0.1) is 11.5 Å². The Morgan fingerprint density at radius 3 is 2.75 bits per heavy atom. The molecule has 1 amide bonds. The summed E-state index contributed by atoms with van der Waals surface area (Å²) in [5.41, 5.74) is 4.00. The minimum Gasteiger partial charge on any atom is -0.465 e. The molecule has 3 N–H and O–H groups in total. The molecule has 1 unspecified atom stereocenters. The van der Waals surface area contributed by atoms with Crippen molar-refractivity contribution in [3.63, 3.8) is 0 Å². The van der Waals surface area contributed by atoms with Crippen molar-refractivity contribution in [2.45, 2.75) is 19.3 Å². The second kappa shape index (κ2) is 4.48. The normalized spacial score (nSPS) is 20.2. The Morgan fingerprint density at radius 2 is 2.20 bits per heavy atom. The highest BCUT2D eigenvalue weighted by molar-refractivity contribution is 6.19. The van der Waals surface area contributed by atoms with Crippen LogP contribution in [0.15, 0.2) is 12.1 Å². The maximum atomic E-state index is 12.0. The van der Waals surface area contributed by atoms with Gasteiger partial charge < -0.3 is 15.8 Å². The monoisotopic (exact) mass is 279 g/mol. The molecule has 20 heavy (non-hydrogen) atoms. The van der Waals surface area contributed by atoms with E-state index in [2.05, 4.69) is 5.32 Å². The van der Waals surface area contributed by atoms with E-state index in [1.165, 1.54) is 13.0 Å². The highest BCUT2D eigenvalue weighted by Crippen LogP contribution is 2.42. The van der Waals surface area contributed by atoms with E-state index in [1.54, 1.807) is 6.92 Å². The van der Waals surface area contributed by atoms with Crippen molar-refractivity contribution in [2.24, 2.45) is 0 Å². The lowest BCUT2D eigenvalue weighted by molar-refractivity contribution is -0.384. The topological polar surface area (TPSA) is 125 Å². The molecule has 8 nitrogen and oxygen atoms in total. The zero-order chi connectivity index (χ0) is 15.1. The lowest BCUT2D eigenvalue weighted by Gasteiger charge is -2.19. The summed E-state index contributed by atoms with van der Waals surface area (Å²) >= 11 is 0. The number of anilines is 2. The minimum atomic E-state index is -1.61. The van der Waals surface area contributed by atoms with Gasteiger partial charge >= 0.3 is 5.97 Å². The third kappa shape index (κ3) is 1.77. The summed E-state index contributed by atoms with van der Waals surface area (Å²) in [6.45, 7) is 3.08. The maximum absolute atomic E-state index is 12.0. The highest BCUT2D eigenvalue weighted by atomic mass is 16.6. The summed E-state index contributed by atoms with van der Waals surface area (Å²) < 4.78 is 4.89. The van der Waals surface area contributed by atoms with Crippen LogP contribution in [0, 0.1) is 10.1 Å². The molecule has 1 aromatic rings. The van der Waals surface area contributed by atoms with E-state index in [9.17, 15) is 19.7 Å². The number of ether oxygens (including phenoxy) is 1. The second-order valence-electron chi connectivity index (χ2n) is 4.51. The predicted octanol–water partition coefficient (Wildman–Crippen LogP) is 0.950. The van der Waals surface area contributed by atoms with E-state index in [-0.39, 0.29) is 29.2 Å². The molecule has 0 saturated heterocycles. The van der Waals surface area contributed by atoms with Crippen molar-refractivity contribution >= 4 is 28.9 Å². The Kier molecular flexibility index (Phi) is 3.09. The zero-order valence-corrected chi connectivity index (χ0v) is 10.9. The number of carbonyl (C=O) groups excluding carboxylic acids is 2. The van der Waals surface area contributed by atoms with Gasteiger partial charge in [0, 0.05) is 17.3 Å². The zero-order valence-electron chi connectivity index (χ0n) is 10.9. The van der Waals surface area contributed by atoms with E-state index < -0.39 is 22.2 Å². The van der Waals surface area contributed by atoms with Crippen molar-refractivity contribution in [1.82, 2.24) is 0 Å². The van der Waals surface area contributed by atoms with Crippen LogP contribution in [0.3, 0.4) is 0 Å². The number of esters is 1. The van der Waals surface area contributed by atoms with Crippen LogP contribution in [0.1, 0.15) is 19.4 Å². The first-order valence-electron chi connectivity index (χ1n) is 5.89. The molecule has 2 rings (SSSR count). The number of nitrogen functional groups attached to an aromatic ring is 1. The number of hydrogen-bond donors (Lipinski definition) is 2. The van der Waals surface area contributed by atoms with Crippen LogP contribution in [0.5, 0.6) is 0 Å². The number of amides is 1. The summed E-state index contributed by atoms with van der Waals surface area (Å²) in [6.07, 6.45) is 0. The van der Waals surface area contributed by atoms with Gasteiger partial charge in [0.15, 0.2) is 5.41 Å². The number of hydrogen-bond acceptors (Lipinski definition) is 6. The van der Waals surface area contributed by atoms with Crippen molar-refractivity contribution < 1.29 is 19.2 Å². The smallest absolute Gasteiger partial charge is 0.326 e. The van der Waals surface area contributed by atoms with E-state index in [4.69, 9.17) is 10.5 Å². The van der Waals surface area contributed by atoms with Gasteiger partial charge in [-0.25, -0.2) is 0 Å². The van der Waals surface area contributed by atoms with Crippen molar-refractivity contribution in [2.75, 3.05) is 17.7 Å². The number of benzene rings is 1. The van der Waals surface area contributed by atoms with Crippen molar-refractivity contribution in [1.29, 1.82) is 0 Å². The molecule has 1 heterocycles. The van der Waals surface area contributed by atoms with Gasteiger partial charge in [0.1, 0.15) is 5.69 Å². The van der Waals surface area contributed by atoms with Crippen molar-refractivity contribution in [3.05, 3.63) is 27.8 Å². The molecule has 1 aliphatic rings. The maximum Gasteiger partial charge on any atom is 0.326 e. The van der Waals surface area contributed by atoms with Gasteiger partial charge in [-0.2, -0.15) is 0 Å². The average molecular weight is 279 g/mol. The van der Waals surface area contributed by atoms with E-state index in [0.717, 1.165) is 6.07 Å².